The fourth-order valence-electron chi connectivity index (χ4n) is 2.55. The zero-order chi connectivity index (χ0) is 14.7. The summed E-state index contributed by atoms with van der Waals surface area (Å²) >= 11 is 1.75. The van der Waals surface area contributed by atoms with E-state index in [1.54, 1.807) is 11.8 Å². The molecule has 0 spiro atoms. The van der Waals surface area contributed by atoms with Crippen molar-refractivity contribution >= 4 is 23.1 Å². The Morgan fingerprint density at radius 3 is 2.30 bits per heavy atom. The van der Waals surface area contributed by atoms with Crippen molar-refractivity contribution in [3.05, 3.63) is 53.1 Å². The molecule has 0 saturated heterocycles. The Hall–Kier alpha value is -1.45. The summed E-state index contributed by atoms with van der Waals surface area (Å²) in [5, 5.41) is 0. The fourth-order valence-corrected chi connectivity index (χ4v) is 3.20. The molecular weight excluding hydrogens is 264 g/mol. The van der Waals surface area contributed by atoms with Crippen molar-refractivity contribution in [2.75, 3.05) is 18.2 Å². The third kappa shape index (κ3) is 3.00. The van der Waals surface area contributed by atoms with Gasteiger partial charge in [0, 0.05) is 35.4 Å². The van der Waals surface area contributed by atoms with Crippen molar-refractivity contribution in [1.82, 2.24) is 0 Å². The number of hydrogen-bond donors (Lipinski definition) is 1. The van der Waals surface area contributed by atoms with E-state index in [2.05, 4.69) is 68.4 Å². The van der Waals surface area contributed by atoms with Gasteiger partial charge >= 0.3 is 0 Å². The van der Waals surface area contributed by atoms with E-state index in [1.165, 1.54) is 33.0 Å². The van der Waals surface area contributed by atoms with Gasteiger partial charge in [0.25, 0.3) is 0 Å². The molecular formula is C17H22N2S. The highest BCUT2D eigenvalue weighted by Gasteiger charge is 2.12. The summed E-state index contributed by atoms with van der Waals surface area (Å²) in [5.41, 5.74) is 12.1. The second-order valence-electron chi connectivity index (χ2n) is 5.07. The number of rotatable bonds is 4. The van der Waals surface area contributed by atoms with E-state index in [4.69, 9.17) is 5.73 Å². The number of nitrogens with zero attached hydrogens (tertiary/aromatic N) is 1. The Kier molecular flexibility index (Phi) is 4.73. The lowest BCUT2D eigenvalue weighted by atomic mass is 10.1. The van der Waals surface area contributed by atoms with Crippen molar-refractivity contribution in [1.29, 1.82) is 0 Å². The number of hydrogen-bond acceptors (Lipinski definition) is 3. The third-order valence-corrected chi connectivity index (χ3v) is 4.31. The molecule has 2 nitrogen and oxygen atoms in total. The average molecular weight is 286 g/mol. The van der Waals surface area contributed by atoms with E-state index in [0.29, 0.717) is 6.54 Å². The predicted molar refractivity (Wildman–Crippen MR) is 90.1 cm³/mol. The molecule has 20 heavy (non-hydrogen) atoms. The minimum Gasteiger partial charge on any atom is -0.344 e. The lowest BCUT2D eigenvalue weighted by Crippen LogP contribution is -2.14. The highest BCUT2D eigenvalue weighted by Crippen LogP contribution is 2.33. The van der Waals surface area contributed by atoms with Crippen LogP contribution in [0, 0.1) is 13.8 Å². The molecule has 2 rings (SSSR count). The number of thioether (sulfide) groups is 1. The average Bonchev–Trinajstić information content (AvgIpc) is 2.44. The summed E-state index contributed by atoms with van der Waals surface area (Å²) in [6, 6.07) is 13.0. The first-order valence-electron chi connectivity index (χ1n) is 6.74. The maximum atomic E-state index is 5.96. The van der Waals surface area contributed by atoms with Gasteiger partial charge in [0.05, 0.1) is 0 Å². The quantitative estimate of drug-likeness (QED) is 0.852. The van der Waals surface area contributed by atoms with Gasteiger partial charge in [0.2, 0.25) is 0 Å². The molecule has 2 aromatic carbocycles. The molecule has 0 fully saturated rings. The first-order valence-corrected chi connectivity index (χ1v) is 7.97. The van der Waals surface area contributed by atoms with E-state index in [0.717, 1.165) is 0 Å². The van der Waals surface area contributed by atoms with Gasteiger partial charge in [-0.15, -0.1) is 11.8 Å². The van der Waals surface area contributed by atoms with Crippen molar-refractivity contribution in [2.24, 2.45) is 5.73 Å². The largest absolute Gasteiger partial charge is 0.344 e. The van der Waals surface area contributed by atoms with Crippen molar-refractivity contribution < 1.29 is 0 Å². The molecule has 0 atom stereocenters. The van der Waals surface area contributed by atoms with Crippen LogP contribution in [0.2, 0.25) is 0 Å². The van der Waals surface area contributed by atoms with Gasteiger partial charge in [-0.05, 0) is 55.5 Å². The number of benzene rings is 2. The minimum absolute atomic E-state index is 0.557. The van der Waals surface area contributed by atoms with Crippen LogP contribution in [-0.2, 0) is 6.54 Å². The third-order valence-electron chi connectivity index (χ3n) is 3.49. The molecule has 0 aliphatic heterocycles. The minimum atomic E-state index is 0.557. The van der Waals surface area contributed by atoms with Crippen molar-refractivity contribution in [2.45, 2.75) is 25.3 Å². The highest BCUT2D eigenvalue weighted by molar-refractivity contribution is 7.98. The molecule has 2 aromatic rings. The Morgan fingerprint density at radius 1 is 1.10 bits per heavy atom. The lowest BCUT2D eigenvalue weighted by molar-refractivity contribution is 1.01. The molecule has 0 unspecified atom stereocenters. The summed E-state index contributed by atoms with van der Waals surface area (Å²) in [5.74, 6) is 0. The zero-order valence-corrected chi connectivity index (χ0v) is 13.4. The zero-order valence-electron chi connectivity index (χ0n) is 12.6. The Morgan fingerprint density at radius 2 is 1.75 bits per heavy atom. The maximum absolute atomic E-state index is 5.96. The number of anilines is 2. The van der Waals surface area contributed by atoms with Crippen LogP contribution in [0.25, 0.3) is 0 Å². The van der Waals surface area contributed by atoms with Gasteiger partial charge in [-0.25, -0.2) is 0 Å². The van der Waals surface area contributed by atoms with Crippen molar-refractivity contribution in [3.63, 3.8) is 0 Å². The van der Waals surface area contributed by atoms with Crippen LogP contribution < -0.4 is 10.6 Å². The SMILES string of the molecule is CSc1cccc(N(C)c2cc(C)cc(C)c2)c1CN. The number of aryl methyl sites for hydroxylation is 2. The summed E-state index contributed by atoms with van der Waals surface area (Å²) in [7, 11) is 2.10. The van der Waals surface area contributed by atoms with E-state index < -0.39 is 0 Å². The van der Waals surface area contributed by atoms with Gasteiger partial charge in [0.15, 0.2) is 0 Å². The first-order chi connectivity index (χ1) is 9.56. The van der Waals surface area contributed by atoms with E-state index in [-0.39, 0.29) is 0 Å². The van der Waals surface area contributed by atoms with E-state index >= 15 is 0 Å². The van der Waals surface area contributed by atoms with E-state index in [1.807, 2.05) is 0 Å². The number of nitrogens with two attached hydrogens (primary N) is 1. The Bertz CT molecular complexity index is 588. The molecule has 0 amide bonds. The molecule has 0 aliphatic rings. The molecule has 0 radical (unpaired) electrons. The smallest absolute Gasteiger partial charge is 0.0464 e. The van der Waals surface area contributed by atoms with Gasteiger partial charge in [-0.1, -0.05) is 12.1 Å². The van der Waals surface area contributed by atoms with E-state index in [9.17, 15) is 0 Å². The second kappa shape index (κ2) is 6.33. The van der Waals surface area contributed by atoms with Crippen molar-refractivity contribution in [3.8, 4) is 0 Å². The van der Waals surface area contributed by atoms with Crippen LogP contribution in [0.3, 0.4) is 0 Å². The standard InChI is InChI=1S/C17H22N2S/c1-12-8-13(2)10-14(9-12)19(3)16-6-5-7-17(20-4)15(16)11-18/h5-10H,11,18H2,1-4H3. The first kappa shape index (κ1) is 14.9. The molecule has 0 heterocycles. The molecule has 0 bridgehead atoms. The molecule has 2 N–H and O–H groups in total. The molecule has 0 aliphatic carbocycles. The monoisotopic (exact) mass is 286 g/mol. The molecule has 0 aromatic heterocycles. The van der Waals surface area contributed by atoms with Crippen LogP contribution >= 0.6 is 11.8 Å². The molecule has 0 saturated carbocycles. The van der Waals surface area contributed by atoms with Crippen LogP contribution in [0.5, 0.6) is 0 Å². The second-order valence-corrected chi connectivity index (χ2v) is 5.92. The summed E-state index contributed by atoms with van der Waals surface area (Å²) in [6.45, 7) is 4.82. The lowest BCUT2D eigenvalue weighted by Gasteiger charge is -2.24. The van der Waals surface area contributed by atoms with Gasteiger partial charge < -0.3 is 10.6 Å². The normalized spacial score (nSPS) is 10.7. The van der Waals surface area contributed by atoms with Crippen LogP contribution in [-0.4, -0.2) is 13.3 Å². The van der Waals surface area contributed by atoms with Crippen LogP contribution in [0.4, 0.5) is 11.4 Å². The Labute approximate surface area is 126 Å². The van der Waals surface area contributed by atoms with Gasteiger partial charge in [0.1, 0.15) is 0 Å². The summed E-state index contributed by atoms with van der Waals surface area (Å²) < 4.78 is 0. The molecule has 106 valence electrons. The van der Waals surface area contributed by atoms with Crippen LogP contribution in [0.1, 0.15) is 16.7 Å². The predicted octanol–water partition coefficient (Wildman–Crippen LogP) is 4.25. The maximum Gasteiger partial charge on any atom is 0.0464 e. The Balaban J connectivity index is 2.50. The molecule has 3 heteroatoms. The summed E-state index contributed by atoms with van der Waals surface area (Å²) in [4.78, 5) is 3.48. The fraction of sp³-hybridized carbons (Fsp3) is 0.294. The topological polar surface area (TPSA) is 29.3 Å². The van der Waals surface area contributed by atoms with Crippen LogP contribution in [0.15, 0.2) is 41.3 Å². The summed E-state index contributed by atoms with van der Waals surface area (Å²) in [6.07, 6.45) is 2.09. The highest BCUT2D eigenvalue weighted by atomic mass is 32.2. The van der Waals surface area contributed by atoms with Gasteiger partial charge in [-0.2, -0.15) is 0 Å². The van der Waals surface area contributed by atoms with Gasteiger partial charge in [-0.3, -0.25) is 0 Å².